The lowest BCUT2D eigenvalue weighted by atomic mass is 9.77. The monoisotopic (exact) mass is 354 g/mol. The molecule has 1 heterocycles. The van der Waals surface area contributed by atoms with Gasteiger partial charge in [0.1, 0.15) is 0 Å². The fraction of sp³-hybridized carbons (Fsp3) is 0.545. The number of nitrogens with one attached hydrogen (secondary N) is 1. The molecule has 4 heteroatoms. The van der Waals surface area contributed by atoms with Crippen LogP contribution in [0.2, 0.25) is 0 Å². The molecule has 4 rings (SSSR count). The van der Waals surface area contributed by atoms with Crippen molar-refractivity contribution in [1.82, 2.24) is 10.3 Å². The van der Waals surface area contributed by atoms with Crippen LogP contribution in [0.25, 0.3) is 10.9 Å². The number of pyridine rings is 1. The van der Waals surface area contributed by atoms with Gasteiger partial charge in [0.15, 0.2) is 0 Å². The van der Waals surface area contributed by atoms with Crippen molar-refractivity contribution >= 4 is 16.8 Å². The van der Waals surface area contributed by atoms with Crippen LogP contribution < -0.4 is 5.32 Å². The largest absolute Gasteiger partial charge is 0.390 e. The van der Waals surface area contributed by atoms with E-state index in [1.807, 2.05) is 19.9 Å². The maximum Gasteiger partial charge on any atom is 0.253 e. The molecule has 2 aromatic rings. The summed E-state index contributed by atoms with van der Waals surface area (Å²) in [6.45, 7) is 3.76. The van der Waals surface area contributed by atoms with Gasteiger partial charge in [0.05, 0.1) is 16.7 Å². The SMILES string of the molecule is CC(C)(O)C1CCC(NC(=O)c2cnc3cc(C4CC4)ccc3c2)CC1.[HH]. The van der Waals surface area contributed by atoms with Gasteiger partial charge in [-0.2, -0.15) is 0 Å². The Morgan fingerprint density at radius 3 is 2.54 bits per heavy atom. The highest BCUT2D eigenvalue weighted by atomic mass is 16.3. The molecule has 0 atom stereocenters. The molecule has 0 unspecified atom stereocenters. The van der Waals surface area contributed by atoms with Crippen molar-refractivity contribution in [3.05, 3.63) is 41.6 Å². The lowest BCUT2D eigenvalue weighted by molar-refractivity contribution is -0.00257. The molecule has 4 nitrogen and oxygen atoms in total. The molecule has 0 spiro atoms. The second kappa shape index (κ2) is 6.66. The molecule has 0 bridgehead atoms. The summed E-state index contributed by atoms with van der Waals surface area (Å²) in [5, 5.41) is 14.3. The number of aliphatic hydroxyl groups is 1. The number of amides is 1. The van der Waals surface area contributed by atoms with E-state index >= 15 is 0 Å². The number of carbonyl (C=O) groups is 1. The number of nitrogens with zero attached hydrogens (tertiary/aromatic N) is 1. The number of carbonyl (C=O) groups excluding carboxylic acids is 1. The van der Waals surface area contributed by atoms with E-state index in [0.717, 1.165) is 36.6 Å². The molecule has 0 radical (unpaired) electrons. The first-order chi connectivity index (χ1) is 12.4. The Balaban J connectivity index is 0.00000210. The average Bonchev–Trinajstić information content (AvgIpc) is 3.45. The lowest BCUT2D eigenvalue weighted by Crippen LogP contribution is -2.41. The summed E-state index contributed by atoms with van der Waals surface area (Å²) >= 11 is 0. The van der Waals surface area contributed by atoms with Gasteiger partial charge in [-0.05, 0) is 81.9 Å². The minimum absolute atomic E-state index is 0. The zero-order valence-corrected chi connectivity index (χ0v) is 15.7. The Hall–Kier alpha value is -1.94. The summed E-state index contributed by atoms with van der Waals surface area (Å²) in [7, 11) is 0. The predicted octanol–water partition coefficient (Wildman–Crippen LogP) is 4.42. The van der Waals surface area contributed by atoms with Crippen LogP contribution in [-0.2, 0) is 0 Å². The molecule has 1 aromatic heterocycles. The van der Waals surface area contributed by atoms with Gasteiger partial charge in [-0.25, -0.2) is 0 Å². The minimum atomic E-state index is -0.628. The summed E-state index contributed by atoms with van der Waals surface area (Å²) in [6.07, 6.45) is 8.00. The lowest BCUT2D eigenvalue weighted by Gasteiger charge is -2.36. The number of benzene rings is 1. The first kappa shape index (κ1) is 17.5. The third-order valence-corrected chi connectivity index (χ3v) is 6.08. The van der Waals surface area contributed by atoms with Crippen LogP contribution in [-0.4, -0.2) is 27.6 Å². The number of hydrogen-bond donors (Lipinski definition) is 2. The third kappa shape index (κ3) is 3.75. The third-order valence-electron chi connectivity index (χ3n) is 6.08. The fourth-order valence-electron chi connectivity index (χ4n) is 4.15. The van der Waals surface area contributed by atoms with Crippen molar-refractivity contribution in [2.45, 2.75) is 69.9 Å². The van der Waals surface area contributed by atoms with Gasteiger partial charge in [0, 0.05) is 19.1 Å². The van der Waals surface area contributed by atoms with Crippen LogP contribution in [0.3, 0.4) is 0 Å². The Morgan fingerprint density at radius 1 is 1.15 bits per heavy atom. The van der Waals surface area contributed by atoms with Crippen LogP contribution in [0.1, 0.15) is 75.6 Å². The van der Waals surface area contributed by atoms with Gasteiger partial charge in [0.25, 0.3) is 5.91 Å². The second-order valence-electron chi connectivity index (χ2n) is 8.63. The van der Waals surface area contributed by atoms with Gasteiger partial charge in [0.2, 0.25) is 0 Å². The summed E-state index contributed by atoms with van der Waals surface area (Å²) in [5.41, 5.74) is 2.33. The van der Waals surface area contributed by atoms with Crippen LogP contribution in [0.5, 0.6) is 0 Å². The van der Waals surface area contributed by atoms with E-state index in [0.29, 0.717) is 17.4 Å². The van der Waals surface area contributed by atoms with Crippen molar-refractivity contribution in [3.63, 3.8) is 0 Å². The van der Waals surface area contributed by atoms with E-state index in [1.165, 1.54) is 18.4 Å². The highest BCUT2D eigenvalue weighted by Gasteiger charge is 2.31. The quantitative estimate of drug-likeness (QED) is 0.854. The zero-order valence-electron chi connectivity index (χ0n) is 15.7. The first-order valence-electron chi connectivity index (χ1n) is 9.83. The smallest absolute Gasteiger partial charge is 0.253 e. The summed E-state index contributed by atoms with van der Waals surface area (Å²) in [4.78, 5) is 17.1. The van der Waals surface area contributed by atoms with Gasteiger partial charge < -0.3 is 10.4 Å². The highest BCUT2D eigenvalue weighted by Crippen LogP contribution is 2.40. The Morgan fingerprint density at radius 2 is 1.88 bits per heavy atom. The predicted molar refractivity (Wildman–Crippen MR) is 105 cm³/mol. The molecule has 2 saturated carbocycles. The maximum atomic E-state index is 12.6. The van der Waals surface area contributed by atoms with Crippen LogP contribution in [0, 0.1) is 5.92 Å². The van der Waals surface area contributed by atoms with E-state index in [1.54, 1.807) is 6.20 Å². The molecule has 0 aliphatic heterocycles. The normalized spacial score (nSPS) is 23.8. The van der Waals surface area contributed by atoms with Crippen LogP contribution >= 0.6 is 0 Å². The fourth-order valence-corrected chi connectivity index (χ4v) is 4.15. The summed E-state index contributed by atoms with van der Waals surface area (Å²) in [6, 6.07) is 8.54. The molecule has 0 saturated heterocycles. The van der Waals surface area contributed by atoms with Crippen LogP contribution in [0.4, 0.5) is 0 Å². The highest BCUT2D eigenvalue weighted by molar-refractivity contribution is 5.97. The van der Waals surface area contributed by atoms with E-state index in [4.69, 9.17) is 0 Å². The minimum Gasteiger partial charge on any atom is -0.390 e. The van der Waals surface area contributed by atoms with Gasteiger partial charge in [-0.3, -0.25) is 9.78 Å². The van der Waals surface area contributed by atoms with Gasteiger partial charge in [-0.15, -0.1) is 0 Å². The second-order valence-corrected chi connectivity index (χ2v) is 8.63. The summed E-state index contributed by atoms with van der Waals surface area (Å²) in [5.74, 6) is 0.985. The Labute approximate surface area is 156 Å². The van der Waals surface area contributed by atoms with Gasteiger partial charge >= 0.3 is 0 Å². The van der Waals surface area contributed by atoms with E-state index in [9.17, 15) is 9.90 Å². The standard InChI is InChI=1S/C22H28N2O2.H2/c1-22(2,26)18-7-9-19(10-8-18)24-21(25)17-11-16-6-5-15(14-3-4-14)12-20(16)23-13-17;/h5-6,11-14,18-19,26H,3-4,7-10H2,1-2H3,(H,24,25);1H. The number of hydrogen-bond acceptors (Lipinski definition) is 3. The molecule has 140 valence electrons. The molecule has 2 aliphatic carbocycles. The summed E-state index contributed by atoms with van der Waals surface area (Å²) < 4.78 is 0. The molecular weight excluding hydrogens is 324 g/mol. The topological polar surface area (TPSA) is 62.2 Å². The molecular formula is C22H30N2O2. The van der Waals surface area contributed by atoms with E-state index < -0.39 is 5.60 Å². The van der Waals surface area contributed by atoms with Crippen molar-refractivity contribution in [2.75, 3.05) is 0 Å². The van der Waals surface area contributed by atoms with Crippen molar-refractivity contribution in [3.8, 4) is 0 Å². The molecule has 2 fully saturated rings. The number of aromatic nitrogens is 1. The Bertz CT molecular complexity index is 819. The molecule has 1 amide bonds. The zero-order chi connectivity index (χ0) is 18.3. The maximum absolute atomic E-state index is 12.6. The first-order valence-corrected chi connectivity index (χ1v) is 9.83. The number of fused-ring (bicyclic) bond motifs is 1. The van der Waals surface area contributed by atoms with E-state index in [-0.39, 0.29) is 13.4 Å². The van der Waals surface area contributed by atoms with Crippen LogP contribution in [0.15, 0.2) is 30.5 Å². The molecule has 2 N–H and O–H groups in total. The van der Waals surface area contributed by atoms with Crippen molar-refractivity contribution in [1.29, 1.82) is 0 Å². The van der Waals surface area contributed by atoms with Crippen molar-refractivity contribution < 1.29 is 11.3 Å². The molecule has 26 heavy (non-hydrogen) atoms. The number of rotatable bonds is 4. The average molecular weight is 354 g/mol. The molecule has 2 aliphatic rings. The van der Waals surface area contributed by atoms with Gasteiger partial charge in [-0.1, -0.05) is 12.1 Å². The molecule has 1 aromatic carbocycles. The van der Waals surface area contributed by atoms with Crippen molar-refractivity contribution in [2.24, 2.45) is 5.92 Å². The van der Waals surface area contributed by atoms with E-state index in [2.05, 4.69) is 28.5 Å². The Kier molecular flexibility index (Phi) is 4.47.